The Balaban J connectivity index is 1.73. The summed E-state index contributed by atoms with van der Waals surface area (Å²) in [6, 6.07) is 9.66. The number of hydrogen-bond acceptors (Lipinski definition) is 4. The van der Waals surface area contributed by atoms with Gasteiger partial charge >= 0.3 is 6.61 Å². The van der Waals surface area contributed by atoms with E-state index in [9.17, 15) is 13.6 Å². The van der Waals surface area contributed by atoms with E-state index in [2.05, 4.69) is 11.8 Å². The van der Waals surface area contributed by atoms with Gasteiger partial charge in [0, 0.05) is 36.6 Å². The molecule has 3 aromatic rings. The van der Waals surface area contributed by atoms with Gasteiger partial charge < -0.3 is 19.3 Å². The van der Waals surface area contributed by atoms with Gasteiger partial charge in [0.05, 0.1) is 29.7 Å². The first-order valence-corrected chi connectivity index (χ1v) is 9.96. The van der Waals surface area contributed by atoms with Crippen LogP contribution in [0.4, 0.5) is 8.78 Å². The first-order chi connectivity index (χ1) is 15.0. The Kier molecular flexibility index (Phi) is 4.63. The number of carbonyl (C=O) groups excluding carboxylic acids is 1. The van der Waals surface area contributed by atoms with Gasteiger partial charge in [-0.15, -0.1) is 0 Å². The van der Waals surface area contributed by atoms with Crippen molar-refractivity contribution in [2.75, 3.05) is 13.7 Å². The average Bonchev–Trinajstić information content (AvgIpc) is 3.26. The van der Waals surface area contributed by atoms with Crippen molar-refractivity contribution in [1.29, 1.82) is 0 Å². The molecular formula is C23H19F2N3O3. The number of carbonyl (C=O) groups is 1. The summed E-state index contributed by atoms with van der Waals surface area (Å²) in [7, 11) is 1.71. The van der Waals surface area contributed by atoms with Gasteiger partial charge in [-0.2, -0.15) is 8.78 Å². The quantitative estimate of drug-likeness (QED) is 0.655. The number of amides is 1. The molecule has 31 heavy (non-hydrogen) atoms. The molecule has 6 nitrogen and oxygen atoms in total. The van der Waals surface area contributed by atoms with Gasteiger partial charge in [0.25, 0.3) is 5.91 Å². The number of hydrogen-bond donors (Lipinski definition) is 1. The number of aromatic nitrogens is 2. The third-order valence-corrected chi connectivity index (χ3v) is 5.88. The second-order valence-electron chi connectivity index (χ2n) is 7.60. The monoisotopic (exact) mass is 423 g/mol. The number of nitrogens with zero attached hydrogens (tertiary/aromatic N) is 3. The Morgan fingerprint density at radius 2 is 2.13 bits per heavy atom. The lowest BCUT2D eigenvalue weighted by molar-refractivity contribution is -0.0507. The number of halogens is 2. The number of aliphatic hydroxyl groups excluding tert-OH is 1. The molecule has 0 spiro atoms. The van der Waals surface area contributed by atoms with Gasteiger partial charge in [-0.25, -0.2) is 4.98 Å². The molecule has 158 valence electrons. The third kappa shape index (κ3) is 3.04. The zero-order valence-electron chi connectivity index (χ0n) is 16.7. The third-order valence-electron chi connectivity index (χ3n) is 5.88. The summed E-state index contributed by atoms with van der Waals surface area (Å²) in [5.74, 6) is 6.41. The first kappa shape index (κ1) is 19.5. The van der Waals surface area contributed by atoms with Crippen molar-refractivity contribution in [3.05, 3.63) is 58.9 Å². The van der Waals surface area contributed by atoms with Crippen LogP contribution >= 0.6 is 0 Å². The molecule has 1 aromatic heterocycles. The minimum atomic E-state index is -2.99. The van der Waals surface area contributed by atoms with Gasteiger partial charge in [-0.1, -0.05) is 17.9 Å². The van der Waals surface area contributed by atoms with Gasteiger partial charge in [0.1, 0.15) is 11.6 Å². The summed E-state index contributed by atoms with van der Waals surface area (Å²) in [5, 5.41) is 8.95. The van der Waals surface area contributed by atoms with Crippen molar-refractivity contribution >= 4 is 16.9 Å². The standard InChI is InChI=1S/C23H19F2N3O3/c1-27-18-12-17(20-14(22(27)30)6-4-7-19(20)31-23(24)25)28-16-11-13(5-2-3-10-29)8-9-15(16)26-21(18)28/h4,6-9,11,17-18,23,29H,3,10,12H2,1H3/t17-,18?/m1/s1. The van der Waals surface area contributed by atoms with Crippen LogP contribution < -0.4 is 4.74 Å². The molecule has 2 atom stereocenters. The minimum absolute atomic E-state index is 0.00786. The van der Waals surface area contributed by atoms with Crippen LogP contribution in [0.25, 0.3) is 11.0 Å². The number of fused-ring (bicyclic) bond motifs is 9. The highest BCUT2D eigenvalue weighted by molar-refractivity contribution is 5.97. The second kappa shape index (κ2) is 7.36. The number of alkyl halides is 2. The molecule has 8 heteroatoms. The smallest absolute Gasteiger partial charge is 0.387 e. The average molecular weight is 423 g/mol. The fourth-order valence-corrected chi connectivity index (χ4v) is 4.58. The normalized spacial score (nSPS) is 19.1. The van der Waals surface area contributed by atoms with E-state index >= 15 is 0 Å². The number of rotatable bonds is 3. The van der Waals surface area contributed by atoms with Gasteiger partial charge in [0.2, 0.25) is 0 Å². The molecule has 0 fully saturated rings. The minimum Gasteiger partial charge on any atom is -0.434 e. The van der Waals surface area contributed by atoms with Crippen molar-refractivity contribution in [3.8, 4) is 17.6 Å². The number of imidazole rings is 1. The molecule has 5 rings (SSSR count). The lowest BCUT2D eigenvalue weighted by Crippen LogP contribution is -2.30. The van der Waals surface area contributed by atoms with Crippen molar-refractivity contribution in [2.24, 2.45) is 0 Å². The molecule has 2 aliphatic heterocycles. The predicted octanol–water partition coefficient (Wildman–Crippen LogP) is 3.49. The summed E-state index contributed by atoms with van der Waals surface area (Å²) in [6.45, 7) is -3.00. The molecule has 0 aliphatic carbocycles. The van der Waals surface area contributed by atoms with Crippen LogP contribution in [0, 0.1) is 11.8 Å². The van der Waals surface area contributed by atoms with Crippen molar-refractivity contribution in [1.82, 2.24) is 14.5 Å². The van der Waals surface area contributed by atoms with Crippen LogP contribution in [0.2, 0.25) is 0 Å². The first-order valence-electron chi connectivity index (χ1n) is 9.96. The molecule has 3 heterocycles. The van der Waals surface area contributed by atoms with E-state index in [-0.39, 0.29) is 30.3 Å². The highest BCUT2D eigenvalue weighted by Gasteiger charge is 2.44. The topological polar surface area (TPSA) is 67.6 Å². The molecule has 1 unspecified atom stereocenters. The van der Waals surface area contributed by atoms with E-state index in [1.165, 1.54) is 6.07 Å². The maximum Gasteiger partial charge on any atom is 0.387 e. The molecule has 2 aromatic carbocycles. The Labute approximate surface area is 177 Å². The van der Waals surface area contributed by atoms with Crippen molar-refractivity contribution < 1.29 is 23.4 Å². The summed E-state index contributed by atoms with van der Waals surface area (Å²) < 4.78 is 33.1. The molecule has 2 aliphatic rings. The number of ether oxygens (including phenoxy) is 1. The van der Waals surface area contributed by atoms with E-state index in [0.29, 0.717) is 29.8 Å². The van der Waals surface area contributed by atoms with Crippen LogP contribution in [0.3, 0.4) is 0 Å². The van der Waals surface area contributed by atoms with E-state index in [0.717, 1.165) is 16.6 Å². The summed E-state index contributed by atoms with van der Waals surface area (Å²) >= 11 is 0. The zero-order chi connectivity index (χ0) is 21.7. The molecular weight excluding hydrogens is 404 g/mol. The van der Waals surface area contributed by atoms with E-state index in [4.69, 9.17) is 14.8 Å². The molecule has 1 N–H and O–H groups in total. The molecule has 2 bridgehead atoms. The van der Waals surface area contributed by atoms with Gasteiger partial charge in [-0.05, 0) is 30.3 Å². The Hall–Kier alpha value is -3.44. The maximum atomic E-state index is 13.1. The van der Waals surface area contributed by atoms with E-state index in [1.54, 1.807) is 24.1 Å². The highest BCUT2D eigenvalue weighted by Crippen LogP contribution is 2.49. The lowest BCUT2D eigenvalue weighted by atomic mass is 9.97. The molecule has 0 saturated heterocycles. The summed E-state index contributed by atoms with van der Waals surface area (Å²) in [4.78, 5) is 19.5. The highest BCUT2D eigenvalue weighted by atomic mass is 19.3. The van der Waals surface area contributed by atoms with Gasteiger partial charge in [-0.3, -0.25) is 4.79 Å². The van der Waals surface area contributed by atoms with E-state index in [1.807, 2.05) is 22.8 Å². The molecule has 1 amide bonds. The zero-order valence-corrected chi connectivity index (χ0v) is 16.7. The Morgan fingerprint density at radius 1 is 1.29 bits per heavy atom. The van der Waals surface area contributed by atoms with Crippen molar-refractivity contribution in [2.45, 2.75) is 31.5 Å². The number of aliphatic hydroxyl groups is 1. The molecule has 0 saturated carbocycles. The maximum absolute atomic E-state index is 13.1. The van der Waals surface area contributed by atoms with E-state index < -0.39 is 6.61 Å². The SMILES string of the molecule is CN1C(=O)c2cccc(OC(F)F)c2[C@H]2CC1c1nc3ccc(C#CCCO)cc3n12. The largest absolute Gasteiger partial charge is 0.434 e. The fourth-order valence-electron chi connectivity index (χ4n) is 4.58. The predicted molar refractivity (Wildman–Crippen MR) is 109 cm³/mol. The molecule has 0 radical (unpaired) electrons. The Bertz CT molecular complexity index is 1260. The van der Waals surface area contributed by atoms with Crippen LogP contribution in [0.1, 0.15) is 52.2 Å². The lowest BCUT2D eigenvalue weighted by Gasteiger charge is -2.24. The van der Waals surface area contributed by atoms with Gasteiger partial charge in [0.15, 0.2) is 0 Å². The van der Waals surface area contributed by atoms with Crippen LogP contribution in [0.5, 0.6) is 5.75 Å². The summed E-state index contributed by atoms with van der Waals surface area (Å²) in [5.41, 5.74) is 3.15. The summed E-state index contributed by atoms with van der Waals surface area (Å²) in [6.07, 6.45) is 0.902. The fraction of sp³-hybridized carbons (Fsp3) is 0.304. The van der Waals surface area contributed by atoms with Crippen molar-refractivity contribution in [3.63, 3.8) is 0 Å². The number of benzene rings is 2. The second-order valence-corrected chi connectivity index (χ2v) is 7.60. The van der Waals surface area contributed by atoms with Crippen LogP contribution in [-0.2, 0) is 0 Å². The Morgan fingerprint density at radius 3 is 2.90 bits per heavy atom. The van der Waals surface area contributed by atoms with Crippen LogP contribution in [0.15, 0.2) is 36.4 Å². The van der Waals surface area contributed by atoms with Crippen LogP contribution in [-0.4, -0.2) is 45.7 Å².